The maximum atomic E-state index is 11.1. The van der Waals surface area contributed by atoms with E-state index in [1.165, 1.54) is 6.26 Å². The highest BCUT2D eigenvalue weighted by Crippen LogP contribution is 2.21. The molecule has 1 aliphatic rings. The average molecular weight is 321 g/mol. The minimum Gasteiger partial charge on any atom is -0.301 e. The Morgan fingerprint density at radius 1 is 1.18 bits per heavy atom. The van der Waals surface area contributed by atoms with Crippen LogP contribution < -0.4 is 0 Å². The van der Waals surface area contributed by atoms with Gasteiger partial charge in [-0.2, -0.15) is 5.26 Å². The Hall–Kier alpha value is -1.42. The van der Waals surface area contributed by atoms with E-state index >= 15 is 0 Å². The van der Waals surface area contributed by atoms with Gasteiger partial charge in [0.2, 0.25) is 0 Å². The Bertz CT molecular complexity index is 602. The highest BCUT2D eigenvalue weighted by atomic mass is 32.2. The average Bonchev–Trinajstić information content (AvgIpc) is 2.49. The number of hydrogen-bond acceptors (Lipinski definition) is 5. The molecule has 0 spiro atoms. The third-order valence-electron chi connectivity index (χ3n) is 4.00. The molecule has 0 bridgehead atoms. The van der Waals surface area contributed by atoms with E-state index in [9.17, 15) is 13.7 Å². The molecule has 120 valence electrons. The number of hydrogen-bond donors (Lipinski definition) is 0. The van der Waals surface area contributed by atoms with E-state index < -0.39 is 9.84 Å². The number of sulfone groups is 1. The summed E-state index contributed by atoms with van der Waals surface area (Å²) < 4.78 is 22.3. The van der Waals surface area contributed by atoms with Gasteiger partial charge in [0.25, 0.3) is 0 Å². The monoisotopic (exact) mass is 321 g/mol. The van der Waals surface area contributed by atoms with Gasteiger partial charge in [-0.1, -0.05) is 30.3 Å². The van der Waals surface area contributed by atoms with Gasteiger partial charge in [0.15, 0.2) is 0 Å². The Morgan fingerprint density at radius 3 is 2.36 bits per heavy atom. The molecule has 1 heterocycles. The van der Waals surface area contributed by atoms with Crippen LogP contribution in [0.25, 0.3) is 0 Å². The van der Waals surface area contributed by atoms with E-state index in [-0.39, 0.29) is 11.8 Å². The maximum Gasteiger partial charge on any atom is 0.147 e. The number of rotatable bonds is 6. The standard InChI is InChI=1S/C16H23N3O2S/c1-22(20,21)13-5-8-18-9-11-19(12-10-18)16(14-17)15-6-3-2-4-7-15/h2-4,6-7,16H,5,8-13H2,1H3/t16-/m0/s1. The second-order valence-electron chi connectivity index (χ2n) is 5.80. The molecule has 0 amide bonds. The lowest BCUT2D eigenvalue weighted by Gasteiger charge is -2.37. The van der Waals surface area contributed by atoms with Gasteiger partial charge in [0.1, 0.15) is 15.9 Å². The van der Waals surface area contributed by atoms with Crippen LogP contribution in [0, 0.1) is 11.3 Å². The van der Waals surface area contributed by atoms with E-state index in [0.717, 1.165) is 38.3 Å². The van der Waals surface area contributed by atoms with Crippen LogP contribution in [0.2, 0.25) is 0 Å². The molecule has 0 N–H and O–H groups in total. The van der Waals surface area contributed by atoms with Gasteiger partial charge in [-0.25, -0.2) is 8.42 Å². The second-order valence-corrected chi connectivity index (χ2v) is 8.06. The lowest BCUT2D eigenvalue weighted by molar-refractivity contribution is 0.114. The molecular formula is C16H23N3O2S. The number of nitriles is 1. The number of benzene rings is 1. The van der Waals surface area contributed by atoms with Crippen molar-refractivity contribution in [1.29, 1.82) is 5.26 Å². The van der Waals surface area contributed by atoms with Gasteiger partial charge in [-0.3, -0.25) is 4.90 Å². The Morgan fingerprint density at radius 2 is 1.82 bits per heavy atom. The molecule has 0 aliphatic carbocycles. The van der Waals surface area contributed by atoms with E-state index in [0.29, 0.717) is 6.42 Å². The molecule has 1 aliphatic heterocycles. The van der Waals surface area contributed by atoms with Gasteiger partial charge in [0, 0.05) is 32.4 Å². The summed E-state index contributed by atoms with van der Waals surface area (Å²) >= 11 is 0. The molecule has 1 aromatic rings. The molecule has 0 aromatic heterocycles. The van der Waals surface area contributed by atoms with Crippen molar-refractivity contribution in [3.63, 3.8) is 0 Å². The summed E-state index contributed by atoms with van der Waals surface area (Å²) in [4.78, 5) is 4.48. The van der Waals surface area contributed by atoms with E-state index in [4.69, 9.17) is 0 Å². The van der Waals surface area contributed by atoms with Gasteiger partial charge in [0.05, 0.1) is 11.8 Å². The molecule has 1 atom stereocenters. The quantitative estimate of drug-likeness (QED) is 0.790. The van der Waals surface area contributed by atoms with Crippen LogP contribution in [0.4, 0.5) is 0 Å². The zero-order valence-corrected chi connectivity index (χ0v) is 13.8. The zero-order valence-electron chi connectivity index (χ0n) is 13.0. The van der Waals surface area contributed by atoms with Crippen molar-refractivity contribution in [1.82, 2.24) is 9.80 Å². The van der Waals surface area contributed by atoms with Gasteiger partial charge < -0.3 is 4.90 Å². The van der Waals surface area contributed by atoms with Crippen LogP contribution in [-0.2, 0) is 9.84 Å². The third kappa shape index (κ3) is 5.09. The van der Waals surface area contributed by atoms with Crippen molar-refractivity contribution < 1.29 is 8.42 Å². The topological polar surface area (TPSA) is 64.4 Å². The Kier molecular flexibility index (Phi) is 5.95. The third-order valence-corrected chi connectivity index (χ3v) is 5.03. The summed E-state index contributed by atoms with van der Waals surface area (Å²) in [5, 5.41) is 9.46. The zero-order chi connectivity index (χ0) is 16.0. The van der Waals surface area contributed by atoms with E-state index in [1.54, 1.807) is 0 Å². The van der Waals surface area contributed by atoms with Crippen molar-refractivity contribution in [2.45, 2.75) is 12.5 Å². The first-order valence-corrected chi connectivity index (χ1v) is 9.64. The normalized spacial score (nSPS) is 18.7. The molecule has 1 aromatic carbocycles. The van der Waals surface area contributed by atoms with Crippen LogP contribution >= 0.6 is 0 Å². The highest BCUT2D eigenvalue weighted by Gasteiger charge is 2.24. The maximum absolute atomic E-state index is 11.1. The summed E-state index contributed by atoms with van der Waals surface area (Å²) in [6.07, 6.45) is 1.96. The fourth-order valence-corrected chi connectivity index (χ4v) is 3.45. The largest absolute Gasteiger partial charge is 0.301 e. The van der Waals surface area contributed by atoms with Crippen molar-refractivity contribution in [3.05, 3.63) is 35.9 Å². The number of piperazine rings is 1. The molecule has 5 nitrogen and oxygen atoms in total. The van der Waals surface area contributed by atoms with Gasteiger partial charge >= 0.3 is 0 Å². The summed E-state index contributed by atoms with van der Waals surface area (Å²) in [6.45, 7) is 4.25. The van der Waals surface area contributed by atoms with Crippen LogP contribution in [0.5, 0.6) is 0 Å². The molecule has 0 saturated carbocycles. The molecule has 2 rings (SSSR count). The predicted molar refractivity (Wildman–Crippen MR) is 87.1 cm³/mol. The molecular weight excluding hydrogens is 298 g/mol. The Balaban J connectivity index is 1.83. The lowest BCUT2D eigenvalue weighted by atomic mass is 10.1. The Labute approximate surface area is 133 Å². The smallest absolute Gasteiger partial charge is 0.147 e. The van der Waals surface area contributed by atoms with E-state index in [1.807, 2.05) is 30.3 Å². The summed E-state index contributed by atoms with van der Waals surface area (Å²) in [5.41, 5.74) is 1.04. The molecule has 22 heavy (non-hydrogen) atoms. The fourth-order valence-electron chi connectivity index (χ4n) is 2.80. The molecule has 0 unspecified atom stereocenters. The lowest BCUT2D eigenvalue weighted by Crippen LogP contribution is -2.47. The van der Waals surface area contributed by atoms with Crippen molar-refractivity contribution in [3.8, 4) is 6.07 Å². The molecule has 6 heteroatoms. The summed E-state index contributed by atoms with van der Waals surface area (Å²) in [7, 11) is -2.87. The van der Waals surface area contributed by atoms with E-state index in [2.05, 4.69) is 15.9 Å². The van der Waals surface area contributed by atoms with Crippen LogP contribution in [-0.4, -0.2) is 63.0 Å². The first-order valence-electron chi connectivity index (χ1n) is 7.58. The molecule has 1 saturated heterocycles. The SMILES string of the molecule is CS(=O)(=O)CCCN1CCN([C@@H](C#N)c2ccccc2)CC1. The molecule has 1 fully saturated rings. The number of nitrogens with zero attached hydrogens (tertiary/aromatic N) is 3. The first kappa shape index (κ1) is 16.9. The minimum atomic E-state index is -2.87. The van der Waals surface area contributed by atoms with Crippen molar-refractivity contribution in [2.24, 2.45) is 0 Å². The predicted octanol–water partition coefficient (Wildman–Crippen LogP) is 1.30. The highest BCUT2D eigenvalue weighted by molar-refractivity contribution is 7.90. The summed E-state index contributed by atoms with van der Waals surface area (Å²) in [5.74, 6) is 0.248. The second kappa shape index (κ2) is 7.73. The molecule has 0 radical (unpaired) electrons. The van der Waals surface area contributed by atoms with Crippen LogP contribution in [0.3, 0.4) is 0 Å². The van der Waals surface area contributed by atoms with Gasteiger partial charge in [-0.05, 0) is 18.5 Å². The van der Waals surface area contributed by atoms with Crippen molar-refractivity contribution in [2.75, 3.05) is 44.7 Å². The fraction of sp³-hybridized carbons (Fsp3) is 0.562. The van der Waals surface area contributed by atoms with Crippen molar-refractivity contribution >= 4 is 9.84 Å². The summed E-state index contributed by atoms with van der Waals surface area (Å²) in [6, 6.07) is 12.1. The van der Waals surface area contributed by atoms with Crippen LogP contribution in [0.1, 0.15) is 18.0 Å². The van der Waals surface area contributed by atoms with Crippen LogP contribution in [0.15, 0.2) is 30.3 Å². The first-order chi connectivity index (χ1) is 10.5. The van der Waals surface area contributed by atoms with Gasteiger partial charge in [-0.15, -0.1) is 0 Å². The minimum absolute atomic E-state index is 0.195.